The Morgan fingerprint density at radius 3 is 1.05 bits per heavy atom. The molecule has 0 aliphatic rings. The highest BCUT2D eigenvalue weighted by molar-refractivity contribution is 5.17. The lowest BCUT2D eigenvalue weighted by Crippen LogP contribution is -2.78. The topological polar surface area (TPSA) is 24.1 Å². The number of alkyl halides is 21. The monoisotopic (exact) mass is 656 g/mol. The Morgan fingerprint density at radius 2 is 0.756 bits per heavy atom. The first kappa shape index (κ1) is 36.7. The van der Waals surface area contributed by atoms with Crippen molar-refractivity contribution in [3.8, 4) is 0 Å². The largest absolute Gasteiger partial charge is 0.534 e. The second-order valence-corrected chi connectivity index (χ2v) is 8.07. The Bertz CT molecular complexity index is 1060. The van der Waals surface area contributed by atoms with E-state index in [-0.39, 0.29) is 30.8 Å². The van der Waals surface area contributed by atoms with Crippen molar-refractivity contribution in [1.29, 1.82) is 0 Å². The average molecular weight is 656 g/mol. The summed E-state index contributed by atoms with van der Waals surface area (Å²) in [6, 6.07) is -6.12. The molecular weight excluding hydrogens is 645 g/mol. The first-order valence-electron chi connectivity index (χ1n) is 9.87. The molecule has 0 aliphatic heterocycles. The number of pyridine rings is 1. The number of hydrogen-bond acceptors (Lipinski definition) is 1. The van der Waals surface area contributed by atoms with Gasteiger partial charge in [0.15, 0.2) is 12.4 Å². The van der Waals surface area contributed by atoms with Crippen LogP contribution in [0.5, 0.6) is 0 Å². The Kier molecular flexibility index (Phi) is 9.06. The summed E-state index contributed by atoms with van der Waals surface area (Å²) in [7, 11) is 0. The highest BCUT2D eigenvalue weighted by atomic mass is 19.4. The number of halogens is 21. The van der Waals surface area contributed by atoms with Gasteiger partial charge in [-0.15, -0.1) is 13.3 Å². The van der Waals surface area contributed by atoms with Gasteiger partial charge < -0.3 is 5.11 Å². The lowest BCUT2D eigenvalue weighted by atomic mass is 9.87. The molecule has 0 saturated heterocycles. The van der Waals surface area contributed by atoms with E-state index in [4.69, 9.17) is 5.11 Å². The van der Waals surface area contributed by atoms with Gasteiger partial charge in [-0.3, -0.25) is 0 Å². The molecule has 1 aromatic rings. The maximum atomic E-state index is 14.2. The zero-order chi connectivity index (χ0) is 33.1. The van der Waals surface area contributed by atoms with Crippen molar-refractivity contribution < 1.29 is 102 Å². The van der Waals surface area contributed by atoms with Gasteiger partial charge in [0.25, 0.3) is 0 Å². The van der Waals surface area contributed by atoms with Crippen molar-refractivity contribution in [1.82, 2.24) is 0 Å². The number of aliphatic hydroxyl groups is 1. The van der Waals surface area contributed by atoms with Crippen LogP contribution in [-0.2, 0) is 12.5 Å². The summed E-state index contributed by atoms with van der Waals surface area (Å²) in [6.45, 7) is -0.540. The fourth-order valence-corrected chi connectivity index (χ4v) is 2.81. The molecular formula is C18H11F21NO+. The second-order valence-electron chi connectivity index (χ2n) is 8.07. The van der Waals surface area contributed by atoms with Crippen LogP contribution in [0.25, 0.3) is 0 Å². The average Bonchev–Trinajstić information content (AvgIpc) is 2.81. The summed E-state index contributed by atoms with van der Waals surface area (Å²) >= 11 is 0. The van der Waals surface area contributed by atoms with E-state index < -0.39 is 70.8 Å². The molecule has 0 saturated carbocycles. The van der Waals surface area contributed by atoms with Crippen molar-refractivity contribution in [3.63, 3.8) is 0 Å². The smallest absolute Gasteiger partial charge is 0.396 e. The molecule has 0 atom stereocenters. The quantitative estimate of drug-likeness (QED) is 0.189. The molecule has 0 aliphatic carbocycles. The number of hydrogen-bond donors (Lipinski definition) is 1. The second kappa shape index (κ2) is 10.1. The first-order chi connectivity index (χ1) is 17.8. The number of aromatic nitrogens is 1. The maximum Gasteiger partial charge on any atom is 0.534 e. The van der Waals surface area contributed by atoms with Crippen molar-refractivity contribution in [2.45, 2.75) is 72.4 Å². The third kappa shape index (κ3) is 4.91. The van der Waals surface area contributed by atoms with Crippen LogP contribution in [0.4, 0.5) is 92.2 Å². The first-order valence-corrected chi connectivity index (χ1v) is 9.87. The van der Waals surface area contributed by atoms with Crippen LogP contribution >= 0.6 is 0 Å². The van der Waals surface area contributed by atoms with Crippen LogP contribution in [0, 0.1) is 0 Å². The van der Waals surface area contributed by atoms with E-state index in [9.17, 15) is 92.2 Å². The minimum absolute atomic E-state index is 0.122. The van der Waals surface area contributed by atoms with E-state index in [1.165, 1.54) is 0 Å². The summed E-state index contributed by atoms with van der Waals surface area (Å²) < 4.78 is 280. The highest BCUT2D eigenvalue weighted by Crippen LogP contribution is 2.66. The minimum atomic E-state index is -9.20. The van der Waals surface area contributed by atoms with Gasteiger partial charge in [-0.25, -0.2) is 0 Å². The Hall–Kier alpha value is -2.36. The van der Waals surface area contributed by atoms with Crippen LogP contribution < -0.4 is 4.57 Å². The fraction of sp³-hybridized carbons (Fsp3) is 0.722. The highest BCUT2D eigenvalue weighted by Gasteiger charge is 2.98. The normalized spacial score (nSPS) is 15.9. The number of aliphatic hydroxyl groups excluding tert-OH is 1. The molecule has 0 aromatic carbocycles. The van der Waals surface area contributed by atoms with E-state index in [0.29, 0.717) is 12.1 Å². The van der Waals surface area contributed by atoms with Crippen LogP contribution in [0.15, 0.2) is 24.5 Å². The van der Waals surface area contributed by atoms with Crippen molar-refractivity contribution >= 4 is 0 Å². The van der Waals surface area contributed by atoms with Gasteiger partial charge in [0.05, 0.1) is 0 Å². The molecule has 41 heavy (non-hydrogen) atoms. The zero-order valence-electron chi connectivity index (χ0n) is 18.8. The Morgan fingerprint density at radius 1 is 0.463 bits per heavy atom. The lowest BCUT2D eigenvalue weighted by molar-refractivity contribution is -0.849. The van der Waals surface area contributed by atoms with Gasteiger partial charge in [0, 0.05) is 18.7 Å². The molecule has 0 bridgehead atoms. The molecule has 1 N–H and O–H groups in total. The molecule has 0 unspecified atom stereocenters. The zero-order valence-corrected chi connectivity index (χ0v) is 18.8. The Balaban J connectivity index is 3.74. The third-order valence-corrected chi connectivity index (χ3v) is 5.34. The van der Waals surface area contributed by atoms with E-state index in [1.54, 1.807) is 0 Å². The summed E-state index contributed by atoms with van der Waals surface area (Å²) in [5.74, 6) is -70.5. The molecule has 1 heterocycles. The molecule has 1 rings (SSSR count). The molecule has 23 heteroatoms. The Labute approximate surface area is 212 Å². The third-order valence-electron chi connectivity index (χ3n) is 5.34. The van der Waals surface area contributed by atoms with E-state index in [0.717, 1.165) is 0 Å². The summed E-state index contributed by atoms with van der Waals surface area (Å²) in [5, 5.41) is 8.61. The van der Waals surface area contributed by atoms with Crippen molar-refractivity contribution in [2.24, 2.45) is 0 Å². The molecule has 240 valence electrons. The molecule has 2 nitrogen and oxygen atoms in total. The number of rotatable bonds is 12. The molecule has 0 amide bonds. The molecule has 1 aromatic heterocycles. The summed E-state index contributed by atoms with van der Waals surface area (Å²) in [6.07, 6.45) is -8.95. The molecule has 0 fully saturated rings. The van der Waals surface area contributed by atoms with Crippen LogP contribution in [-0.4, -0.2) is 65.3 Å². The van der Waals surface area contributed by atoms with E-state index in [2.05, 4.69) is 0 Å². The van der Waals surface area contributed by atoms with Crippen LogP contribution in [0.2, 0.25) is 0 Å². The summed E-state index contributed by atoms with van der Waals surface area (Å²) in [4.78, 5) is 0. The lowest BCUT2D eigenvalue weighted by Gasteiger charge is -2.43. The van der Waals surface area contributed by atoms with Gasteiger partial charge in [-0.2, -0.15) is 83.4 Å². The van der Waals surface area contributed by atoms with Gasteiger partial charge in [0.1, 0.15) is 0 Å². The van der Waals surface area contributed by atoms with Crippen LogP contribution in [0.3, 0.4) is 0 Å². The molecule has 0 radical (unpaired) electrons. The van der Waals surface area contributed by atoms with Gasteiger partial charge >= 0.3 is 59.6 Å². The van der Waals surface area contributed by atoms with Gasteiger partial charge in [-0.05, 0) is 18.4 Å². The minimum Gasteiger partial charge on any atom is -0.396 e. The van der Waals surface area contributed by atoms with Crippen molar-refractivity contribution in [3.05, 3.63) is 30.1 Å². The van der Waals surface area contributed by atoms with Crippen molar-refractivity contribution in [2.75, 3.05) is 6.61 Å². The standard InChI is InChI=1S/C18H11F21NO/c19-9(20,11(23,24)13(27,28)15(31,32)17(35,36)37)10(21,22)12(25,26)14(29,30)16(33,34)18(38,39)40-5-3-8(4-6-40)2-1-7-41/h3-6,41H,1-2,7H2/q+1. The van der Waals surface area contributed by atoms with E-state index in [1.807, 2.05) is 0 Å². The number of aryl methyl sites for hydroxylation is 1. The molecule has 0 spiro atoms. The maximum absolute atomic E-state index is 14.2. The predicted molar refractivity (Wildman–Crippen MR) is 87.9 cm³/mol. The number of nitrogens with zero attached hydrogens (tertiary/aromatic N) is 1. The van der Waals surface area contributed by atoms with Crippen LogP contribution in [0.1, 0.15) is 12.0 Å². The van der Waals surface area contributed by atoms with Gasteiger partial charge in [0.2, 0.25) is 0 Å². The van der Waals surface area contributed by atoms with E-state index >= 15 is 0 Å². The van der Waals surface area contributed by atoms with Gasteiger partial charge in [-0.1, -0.05) is 0 Å². The predicted octanol–water partition coefficient (Wildman–Crippen LogP) is 7.09. The fourth-order valence-electron chi connectivity index (χ4n) is 2.81. The summed E-state index contributed by atoms with van der Waals surface area (Å²) in [5.41, 5.74) is -0.142. The SMILES string of the molecule is OCCCc1cc[n+](C(F)(F)C(F)(F)C(F)(F)C(F)(F)C(F)(F)C(F)(F)C(F)(F)C(F)(F)C(F)(F)C(F)(F)F)cc1.